The molecule has 1 fully saturated rings. The molecule has 5 heteroatoms. The van der Waals surface area contributed by atoms with Gasteiger partial charge in [0.1, 0.15) is 0 Å². The van der Waals surface area contributed by atoms with Crippen LogP contribution in [0.25, 0.3) is 11.0 Å². The Hall–Kier alpha value is -2.56. The van der Waals surface area contributed by atoms with Gasteiger partial charge in [-0.3, -0.25) is 4.79 Å². The van der Waals surface area contributed by atoms with Crippen LogP contribution in [-0.2, 0) is 6.54 Å². The molecule has 1 aromatic carbocycles. The first kappa shape index (κ1) is 15.9. The standard InChI is InChI=1S/C20H24N4O/c1-14-12-17(15(2)24(14)16-8-9-16)20(25)21-10-5-11-23-13-22-18-6-3-4-7-19(18)23/h3-4,6-7,12-13,16H,5,8-11H2,1-2H3,(H,21,25). The molecule has 25 heavy (non-hydrogen) atoms. The number of benzene rings is 1. The SMILES string of the molecule is Cc1cc(C(=O)NCCCn2cnc3ccccc32)c(C)n1C1CC1. The van der Waals surface area contributed by atoms with Gasteiger partial charge in [-0.2, -0.15) is 0 Å². The second-order valence-corrected chi connectivity index (χ2v) is 6.92. The molecule has 4 rings (SSSR count). The number of para-hydroxylation sites is 2. The van der Waals surface area contributed by atoms with Crippen LogP contribution in [0.15, 0.2) is 36.7 Å². The Morgan fingerprint density at radius 2 is 2.08 bits per heavy atom. The van der Waals surface area contributed by atoms with Crippen LogP contribution >= 0.6 is 0 Å². The van der Waals surface area contributed by atoms with Gasteiger partial charge in [0.15, 0.2) is 0 Å². The molecule has 2 aromatic heterocycles. The van der Waals surface area contributed by atoms with Crippen molar-refractivity contribution in [3.63, 3.8) is 0 Å². The quantitative estimate of drug-likeness (QED) is 0.699. The van der Waals surface area contributed by atoms with Gasteiger partial charge in [-0.15, -0.1) is 0 Å². The number of nitrogens with zero attached hydrogens (tertiary/aromatic N) is 3. The van der Waals surface area contributed by atoms with Crippen LogP contribution in [0.2, 0.25) is 0 Å². The zero-order chi connectivity index (χ0) is 17.4. The van der Waals surface area contributed by atoms with E-state index in [9.17, 15) is 4.79 Å². The number of amides is 1. The Balaban J connectivity index is 1.34. The van der Waals surface area contributed by atoms with Gasteiger partial charge < -0.3 is 14.5 Å². The molecule has 0 radical (unpaired) electrons. The summed E-state index contributed by atoms with van der Waals surface area (Å²) in [5.41, 5.74) is 5.26. The second kappa shape index (κ2) is 6.39. The highest BCUT2D eigenvalue weighted by Gasteiger charge is 2.28. The van der Waals surface area contributed by atoms with Gasteiger partial charge in [-0.05, 0) is 51.3 Å². The first-order chi connectivity index (χ1) is 12.1. The monoisotopic (exact) mass is 336 g/mol. The average molecular weight is 336 g/mol. The van der Waals surface area contributed by atoms with Crippen molar-refractivity contribution in [1.29, 1.82) is 0 Å². The molecule has 1 saturated carbocycles. The highest BCUT2D eigenvalue weighted by atomic mass is 16.1. The summed E-state index contributed by atoms with van der Waals surface area (Å²) in [6.45, 7) is 5.66. The minimum atomic E-state index is 0.0375. The zero-order valence-corrected chi connectivity index (χ0v) is 14.8. The predicted octanol–water partition coefficient (Wildman–Crippen LogP) is 3.61. The maximum atomic E-state index is 12.5. The van der Waals surface area contributed by atoms with E-state index in [1.165, 1.54) is 18.5 Å². The highest BCUT2D eigenvalue weighted by molar-refractivity contribution is 5.95. The summed E-state index contributed by atoms with van der Waals surface area (Å²) >= 11 is 0. The van der Waals surface area contributed by atoms with Gasteiger partial charge in [0.2, 0.25) is 0 Å². The van der Waals surface area contributed by atoms with E-state index in [1.807, 2.05) is 30.6 Å². The van der Waals surface area contributed by atoms with E-state index in [1.54, 1.807) is 0 Å². The number of carbonyl (C=O) groups is 1. The summed E-state index contributed by atoms with van der Waals surface area (Å²) in [6, 6.07) is 10.7. The number of nitrogens with one attached hydrogen (secondary N) is 1. The predicted molar refractivity (Wildman–Crippen MR) is 98.9 cm³/mol. The molecule has 0 saturated heterocycles. The molecule has 130 valence electrons. The lowest BCUT2D eigenvalue weighted by atomic mass is 10.2. The van der Waals surface area contributed by atoms with Crippen LogP contribution in [0, 0.1) is 13.8 Å². The summed E-state index contributed by atoms with van der Waals surface area (Å²) in [5.74, 6) is 0.0375. The summed E-state index contributed by atoms with van der Waals surface area (Å²) in [4.78, 5) is 16.9. The Morgan fingerprint density at radius 1 is 1.28 bits per heavy atom. The molecule has 3 aromatic rings. The maximum absolute atomic E-state index is 12.5. The Labute approximate surface area is 147 Å². The zero-order valence-electron chi connectivity index (χ0n) is 14.8. The topological polar surface area (TPSA) is 51.9 Å². The number of carbonyl (C=O) groups excluding carboxylic acids is 1. The van der Waals surface area contributed by atoms with Gasteiger partial charge in [-0.1, -0.05) is 12.1 Å². The molecule has 0 spiro atoms. The molecule has 1 N–H and O–H groups in total. The Bertz CT molecular complexity index is 917. The molecule has 1 aliphatic rings. The summed E-state index contributed by atoms with van der Waals surface area (Å²) in [5, 5.41) is 3.06. The minimum Gasteiger partial charge on any atom is -0.352 e. The van der Waals surface area contributed by atoms with E-state index in [2.05, 4.69) is 39.3 Å². The van der Waals surface area contributed by atoms with Gasteiger partial charge in [0.05, 0.1) is 22.9 Å². The summed E-state index contributed by atoms with van der Waals surface area (Å²) in [6.07, 6.45) is 5.22. The fourth-order valence-corrected chi connectivity index (χ4v) is 3.64. The first-order valence-corrected chi connectivity index (χ1v) is 9.01. The lowest BCUT2D eigenvalue weighted by molar-refractivity contribution is 0.0952. The third kappa shape index (κ3) is 3.06. The first-order valence-electron chi connectivity index (χ1n) is 9.01. The molecule has 0 atom stereocenters. The molecular formula is C20H24N4O. The summed E-state index contributed by atoms with van der Waals surface area (Å²) in [7, 11) is 0. The number of rotatable bonds is 6. The Kier molecular flexibility index (Phi) is 4.07. The van der Waals surface area contributed by atoms with Crippen molar-refractivity contribution in [2.75, 3.05) is 6.54 Å². The summed E-state index contributed by atoms with van der Waals surface area (Å²) < 4.78 is 4.45. The van der Waals surface area contributed by atoms with Crippen molar-refractivity contribution in [3.8, 4) is 0 Å². The Morgan fingerprint density at radius 3 is 2.88 bits per heavy atom. The van der Waals surface area contributed by atoms with Crippen LogP contribution in [0.5, 0.6) is 0 Å². The molecule has 1 aliphatic carbocycles. The number of fused-ring (bicyclic) bond motifs is 1. The normalized spacial score (nSPS) is 14.2. The number of hydrogen-bond acceptors (Lipinski definition) is 2. The van der Waals surface area contributed by atoms with Crippen LogP contribution in [0.1, 0.15) is 47.1 Å². The number of aryl methyl sites for hydroxylation is 2. The van der Waals surface area contributed by atoms with Gasteiger partial charge in [0.25, 0.3) is 5.91 Å². The van der Waals surface area contributed by atoms with E-state index < -0.39 is 0 Å². The molecule has 5 nitrogen and oxygen atoms in total. The van der Waals surface area contributed by atoms with Crippen LogP contribution in [-0.4, -0.2) is 26.6 Å². The van der Waals surface area contributed by atoms with E-state index in [0.29, 0.717) is 12.6 Å². The van der Waals surface area contributed by atoms with Crippen LogP contribution < -0.4 is 5.32 Å². The van der Waals surface area contributed by atoms with E-state index >= 15 is 0 Å². The van der Waals surface area contributed by atoms with Crippen molar-refractivity contribution >= 4 is 16.9 Å². The van der Waals surface area contributed by atoms with Gasteiger partial charge >= 0.3 is 0 Å². The third-order valence-electron chi connectivity index (χ3n) is 5.03. The van der Waals surface area contributed by atoms with Crippen molar-refractivity contribution in [3.05, 3.63) is 53.6 Å². The molecule has 0 aliphatic heterocycles. The fraction of sp³-hybridized carbons (Fsp3) is 0.400. The number of aromatic nitrogens is 3. The maximum Gasteiger partial charge on any atom is 0.253 e. The average Bonchev–Trinajstić information content (AvgIpc) is 3.28. The number of imidazole rings is 1. The smallest absolute Gasteiger partial charge is 0.253 e. The van der Waals surface area contributed by atoms with Crippen molar-refractivity contribution in [2.45, 2.75) is 45.7 Å². The van der Waals surface area contributed by atoms with Crippen LogP contribution in [0.3, 0.4) is 0 Å². The van der Waals surface area contributed by atoms with Gasteiger partial charge in [-0.25, -0.2) is 4.98 Å². The van der Waals surface area contributed by atoms with Crippen LogP contribution in [0.4, 0.5) is 0 Å². The van der Waals surface area contributed by atoms with Crippen molar-refractivity contribution in [2.24, 2.45) is 0 Å². The molecular weight excluding hydrogens is 312 g/mol. The fourth-order valence-electron chi connectivity index (χ4n) is 3.64. The van der Waals surface area contributed by atoms with E-state index in [0.717, 1.165) is 35.3 Å². The van der Waals surface area contributed by atoms with Crippen molar-refractivity contribution < 1.29 is 4.79 Å². The lowest BCUT2D eigenvalue weighted by Gasteiger charge is -2.09. The number of hydrogen-bond donors (Lipinski definition) is 1. The largest absolute Gasteiger partial charge is 0.352 e. The molecule has 0 unspecified atom stereocenters. The van der Waals surface area contributed by atoms with Gasteiger partial charge in [0, 0.05) is 30.5 Å². The van der Waals surface area contributed by atoms with E-state index in [4.69, 9.17) is 0 Å². The van der Waals surface area contributed by atoms with E-state index in [-0.39, 0.29) is 5.91 Å². The second-order valence-electron chi connectivity index (χ2n) is 6.92. The molecule has 0 bridgehead atoms. The third-order valence-corrected chi connectivity index (χ3v) is 5.03. The van der Waals surface area contributed by atoms with Crippen molar-refractivity contribution in [1.82, 2.24) is 19.4 Å². The molecule has 2 heterocycles. The minimum absolute atomic E-state index is 0.0375. The molecule has 1 amide bonds. The highest BCUT2D eigenvalue weighted by Crippen LogP contribution is 2.38. The lowest BCUT2D eigenvalue weighted by Crippen LogP contribution is -2.25.